The Hall–Kier alpha value is -3.15. The fourth-order valence-electron chi connectivity index (χ4n) is 2.70. The van der Waals surface area contributed by atoms with Crippen molar-refractivity contribution in [2.75, 3.05) is 23.4 Å². The van der Waals surface area contributed by atoms with Crippen LogP contribution in [0.5, 0.6) is 0 Å². The maximum atomic E-state index is 12.1. The van der Waals surface area contributed by atoms with Crippen molar-refractivity contribution < 1.29 is 19.1 Å². The molecular formula is C19H18N2O4. The summed E-state index contributed by atoms with van der Waals surface area (Å²) >= 11 is 0. The number of esters is 1. The minimum absolute atomic E-state index is 0.0913. The first-order valence-electron chi connectivity index (χ1n) is 8.00. The van der Waals surface area contributed by atoms with Crippen molar-refractivity contribution in [3.63, 3.8) is 0 Å². The van der Waals surface area contributed by atoms with Crippen LogP contribution in [0.2, 0.25) is 0 Å². The van der Waals surface area contributed by atoms with Crippen molar-refractivity contribution in [2.24, 2.45) is 5.92 Å². The highest BCUT2D eigenvalue weighted by Gasteiger charge is 2.36. The predicted octanol–water partition coefficient (Wildman–Crippen LogP) is 2.22. The maximum absolute atomic E-state index is 12.1. The minimum atomic E-state index is -0.558. The number of nitrogens with zero attached hydrogens (tertiary/aromatic N) is 1. The van der Waals surface area contributed by atoms with Crippen LogP contribution in [-0.2, 0) is 19.1 Å². The normalized spacial score (nSPS) is 16.6. The minimum Gasteiger partial charge on any atom is -0.455 e. The zero-order valence-electron chi connectivity index (χ0n) is 13.6. The van der Waals surface area contributed by atoms with E-state index in [2.05, 4.69) is 5.32 Å². The lowest BCUT2D eigenvalue weighted by Gasteiger charge is -2.16. The Morgan fingerprint density at radius 3 is 2.36 bits per heavy atom. The Labute approximate surface area is 145 Å². The van der Waals surface area contributed by atoms with Crippen LogP contribution in [0.3, 0.4) is 0 Å². The smallest absolute Gasteiger partial charge is 0.311 e. The van der Waals surface area contributed by atoms with E-state index >= 15 is 0 Å². The average Bonchev–Trinajstić information content (AvgIpc) is 3.03. The van der Waals surface area contributed by atoms with Crippen molar-refractivity contribution >= 4 is 29.2 Å². The zero-order chi connectivity index (χ0) is 17.6. The van der Waals surface area contributed by atoms with Gasteiger partial charge in [-0.3, -0.25) is 14.4 Å². The molecule has 1 N–H and O–H groups in total. The third kappa shape index (κ3) is 4.23. The third-order valence-corrected chi connectivity index (χ3v) is 3.93. The van der Waals surface area contributed by atoms with Gasteiger partial charge < -0.3 is 15.0 Å². The molecule has 2 amide bonds. The van der Waals surface area contributed by atoms with Crippen LogP contribution in [0.15, 0.2) is 60.7 Å². The summed E-state index contributed by atoms with van der Waals surface area (Å²) in [6, 6.07) is 18.1. The molecule has 2 aromatic carbocycles. The predicted molar refractivity (Wildman–Crippen MR) is 92.9 cm³/mol. The number of hydrogen-bond donors (Lipinski definition) is 1. The number of ether oxygens (including phenoxy) is 1. The SMILES string of the molecule is O=C(COC(=O)[C@H]1CC(=O)N(c2ccccc2)C1)Nc1ccccc1. The Morgan fingerprint density at radius 1 is 1.04 bits per heavy atom. The lowest BCUT2D eigenvalue weighted by atomic mass is 10.1. The van der Waals surface area contributed by atoms with Gasteiger partial charge in [-0.05, 0) is 24.3 Å². The van der Waals surface area contributed by atoms with Gasteiger partial charge in [-0.25, -0.2) is 0 Å². The van der Waals surface area contributed by atoms with Crippen LogP contribution < -0.4 is 10.2 Å². The van der Waals surface area contributed by atoms with Crippen LogP contribution in [0.25, 0.3) is 0 Å². The third-order valence-electron chi connectivity index (χ3n) is 3.93. The summed E-state index contributed by atoms with van der Waals surface area (Å²) in [5.74, 6) is -1.63. The molecule has 3 rings (SSSR count). The second-order valence-corrected chi connectivity index (χ2v) is 5.76. The van der Waals surface area contributed by atoms with E-state index < -0.39 is 17.8 Å². The fourth-order valence-corrected chi connectivity index (χ4v) is 2.70. The molecule has 1 aliphatic heterocycles. The van der Waals surface area contributed by atoms with Crippen LogP contribution in [0.1, 0.15) is 6.42 Å². The molecule has 0 bridgehead atoms. The number of carbonyl (C=O) groups excluding carboxylic acids is 3. The van der Waals surface area contributed by atoms with Gasteiger partial charge in [0.05, 0.1) is 5.92 Å². The molecule has 0 aromatic heterocycles. The quantitative estimate of drug-likeness (QED) is 0.848. The number of anilines is 2. The van der Waals surface area contributed by atoms with Crippen LogP contribution >= 0.6 is 0 Å². The highest BCUT2D eigenvalue weighted by Crippen LogP contribution is 2.25. The number of carbonyl (C=O) groups is 3. The van der Waals surface area contributed by atoms with Crippen molar-refractivity contribution in [2.45, 2.75) is 6.42 Å². The zero-order valence-corrected chi connectivity index (χ0v) is 13.6. The van der Waals surface area contributed by atoms with Crippen molar-refractivity contribution in [1.29, 1.82) is 0 Å². The van der Waals surface area contributed by atoms with E-state index in [4.69, 9.17) is 4.74 Å². The van der Waals surface area contributed by atoms with Crippen molar-refractivity contribution in [3.8, 4) is 0 Å². The largest absolute Gasteiger partial charge is 0.455 e. The molecule has 0 unspecified atom stereocenters. The average molecular weight is 338 g/mol. The first-order valence-corrected chi connectivity index (χ1v) is 8.00. The molecule has 1 atom stereocenters. The fraction of sp³-hybridized carbons (Fsp3) is 0.211. The number of nitrogens with one attached hydrogen (secondary N) is 1. The molecule has 0 aliphatic carbocycles. The topological polar surface area (TPSA) is 75.7 Å². The van der Waals surface area contributed by atoms with Gasteiger partial charge >= 0.3 is 5.97 Å². The number of benzene rings is 2. The Kier molecular flexibility index (Phi) is 5.09. The number of amides is 2. The first kappa shape index (κ1) is 16.7. The van der Waals surface area contributed by atoms with E-state index in [0.29, 0.717) is 5.69 Å². The molecule has 0 spiro atoms. The van der Waals surface area contributed by atoms with Gasteiger partial charge in [0, 0.05) is 24.3 Å². The second-order valence-electron chi connectivity index (χ2n) is 5.76. The number of hydrogen-bond acceptors (Lipinski definition) is 4. The first-order chi connectivity index (χ1) is 12.1. The second kappa shape index (κ2) is 7.61. The molecule has 2 aromatic rings. The number of para-hydroxylation sites is 2. The van der Waals surface area contributed by atoms with Crippen LogP contribution in [0, 0.1) is 5.92 Å². The van der Waals surface area contributed by atoms with Gasteiger partial charge in [0.2, 0.25) is 5.91 Å². The van der Waals surface area contributed by atoms with E-state index in [1.54, 1.807) is 29.2 Å². The van der Waals surface area contributed by atoms with Gasteiger partial charge in [-0.1, -0.05) is 36.4 Å². The maximum Gasteiger partial charge on any atom is 0.311 e. The van der Waals surface area contributed by atoms with Gasteiger partial charge in [0.1, 0.15) is 0 Å². The van der Waals surface area contributed by atoms with E-state index in [0.717, 1.165) is 5.69 Å². The molecule has 1 aliphatic rings. The summed E-state index contributed by atoms with van der Waals surface area (Å²) in [6.07, 6.45) is 0.0913. The van der Waals surface area contributed by atoms with E-state index in [-0.39, 0.29) is 25.5 Å². The summed E-state index contributed by atoms with van der Waals surface area (Å²) in [5.41, 5.74) is 1.39. The lowest BCUT2D eigenvalue weighted by Crippen LogP contribution is -2.28. The highest BCUT2D eigenvalue weighted by molar-refractivity contribution is 6.00. The Morgan fingerprint density at radius 2 is 1.68 bits per heavy atom. The van der Waals surface area contributed by atoms with Crippen molar-refractivity contribution in [1.82, 2.24) is 0 Å². The molecule has 1 heterocycles. The van der Waals surface area contributed by atoms with E-state index in [9.17, 15) is 14.4 Å². The monoisotopic (exact) mass is 338 g/mol. The summed E-state index contributed by atoms with van der Waals surface area (Å²) in [5, 5.41) is 2.64. The summed E-state index contributed by atoms with van der Waals surface area (Å²) in [4.78, 5) is 37.6. The van der Waals surface area contributed by atoms with E-state index in [1.807, 2.05) is 36.4 Å². The molecule has 1 saturated heterocycles. The van der Waals surface area contributed by atoms with Gasteiger partial charge in [-0.2, -0.15) is 0 Å². The molecule has 6 nitrogen and oxygen atoms in total. The summed E-state index contributed by atoms with van der Waals surface area (Å²) in [6.45, 7) is -0.105. The molecular weight excluding hydrogens is 320 g/mol. The van der Waals surface area contributed by atoms with Crippen LogP contribution in [-0.4, -0.2) is 30.9 Å². The molecule has 1 fully saturated rings. The van der Waals surface area contributed by atoms with Crippen LogP contribution in [0.4, 0.5) is 11.4 Å². The lowest BCUT2D eigenvalue weighted by molar-refractivity contribution is -0.151. The number of rotatable bonds is 5. The molecule has 128 valence electrons. The summed E-state index contributed by atoms with van der Waals surface area (Å²) < 4.78 is 5.06. The Bertz CT molecular complexity index is 762. The van der Waals surface area contributed by atoms with Gasteiger partial charge in [0.15, 0.2) is 6.61 Å². The molecule has 6 heteroatoms. The molecule has 0 radical (unpaired) electrons. The van der Waals surface area contributed by atoms with Crippen molar-refractivity contribution in [3.05, 3.63) is 60.7 Å². The standard InChI is InChI=1S/C19H18N2O4/c22-17(20-15-7-3-1-4-8-15)13-25-19(24)14-11-18(23)21(12-14)16-9-5-2-6-10-16/h1-10,14H,11-13H2,(H,20,22)/t14-/m0/s1. The molecule has 25 heavy (non-hydrogen) atoms. The molecule has 0 saturated carbocycles. The highest BCUT2D eigenvalue weighted by atomic mass is 16.5. The van der Waals surface area contributed by atoms with E-state index in [1.165, 1.54) is 0 Å². The summed E-state index contributed by atoms with van der Waals surface area (Å²) in [7, 11) is 0. The van der Waals surface area contributed by atoms with Gasteiger partial charge in [0.25, 0.3) is 5.91 Å². The van der Waals surface area contributed by atoms with Gasteiger partial charge in [-0.15, -0.1) is 0 Å². The Balaban J connectivity index is 1.50.